The van der Waals surface area contributed by atoms with Crippen molar-refractivity contribution in [3.8, 4) is 10.6 Å². The van der Waals surface area contributed by atoms with E-state index in [0.29, 0.717) is 30.3 Å². The van der Waals surface area contributed by atoms with Gasteiger partial charge in [0.05, 0.1) is 12.1 Å². The van der Waals surface area contributed by atoms with Crippen molar-refractivity contribution in [2.45, 2.75) is 50.6 Å². The first-order valence-corrected chi connectivity index (χ1v) is 10.1. The zero-order valence-corrected chi connectivity index (χ0v) is 17.6. The van der Waals surface area contributed by atoms with Gasteiger partial charge in [0.1, 0.15) is 5.01 Å². The molecule has 0 spiro atoms. The third kappa shape index (κ3) is 5.23. The number of nitrogens with two attached hydrogens (primary N) is 1. The van der Waals surface area contributed by atoms with Crippen LogP contribution in [0.25, 0.3) is 10.6 Å². The standard InChI is InChI=1S/C20H25N3OS.2ClH/c21-16-9-14-7-4-8-15(10-16)19(14)23-18(24)11-17-12-25-20(22-17)13-5-2-1-3-6-13;;/h1-3,5-6,12,14-16,19H,4,7-11,21H2,(H,23,24);2*1H. The quantitative estimate of drug-likeness (QED) is 0.766. The zero-order chi connectivity index (χ0) is 17.2. The van der Waals surface area contributed by atoms with Crippen LogP contribution in [0.5, 0.6) is 0 Å². The Balaban J connectivity index is 0.00000131. The molecule has 148 valence electrons. The summed E-state index contributed by atoms with van der Waals surface area (Å²) in [7, 11) is 0. The number of amides is 1. The number of nitrogens with zero attached hydrogens (tertiary/aromatic N) is 1. The summed E-state index contributed by atoms with van der Waals surface area (Å²) in [5.41, 5.74) is 8.14. The third-order valence-electron chi connectivity index (χ3n) is 5.62. The van der Waals surface area contributed by atoms with E-state index in [0.717, 1.165) is 29.1 Å². The van der Waals surface area contributed by atoms with Gasteiger partial charge in [0.15, 0.2) is 0 Å². The Morgan fingerprint density at radius 2 is 1.81 bits per heavy atom. The normalized spacial score (nSPS) is 26.4. The van der Waals surface area contributed by atoms with Crippen molar-refractivity contribution in [2.24, 2.45) is 17.6 Å². The highest BCUT2D eigenvalue weighted by Gasteiger charge is 2.39. The van der Waals surface area contributed by atoms with E-state index in [2.05, 4.69) is 22.4 Å². The van der Waals surface area contributed by atoms with Gasteiger partial charge in [-0.05, 0) is 37.5 Å². The molecule has 4 nitrogen and oxygen atoms in total. The molecule has 2 aliphatic carbocycles. The Morgan fingerprint density at radius 1 is 1.15 bits per heavy atom. The highest BCUT2D eigenvalue weighted by Crippen LogP contribution is 2.39. The van der Waals surface area contributed by atoms with Gasteiger partial charge in [-0.1, -0.05) is 36.8 Å². The van der Waals surface area contributed by atoms with Gasteiger partial charge >= 0.3 is 0 Å². The molecule has 0 saturated heterocycles. The van der Waals surface area contributed by atoms with Crippen molar-refractivity contribution in [2.75, 3.05) is 0 Å². The van der Waals surface area contributed by atoms with E-state index in [1.807, 2.05) is 23.6 Å². The molecule has 1 aromatic carbocycles. The van der Waals surface area contributed by atoms with Crippen LogP contribution in [0.15, 0.2) is 35.7 Å². The number of hydrogen-bond acceptors (Lipinski definition) is 4. The Bertz CT molecular complexity index is 726. The number of benzene rings is 1. The van der Waals surface area contributed by atoms with Gasteiger partial charge < -0.3 is 11.1 Å². The van der Waals surface area contributed by atoms with Crippen molar-refractivity contribution < 1.29 is 4.79 Å². The number of aromatic nitrogens is 1. The predicted molar refractivity (Wildman–Crippen MR) is 116 cm³/mol. The van der Waals surface area contributed by atoms with E-state index in [1.165, 1.54) is 19.3 Å². The molecule has 3 N–H and O–H groups in total. The minimum atomic E-state index is 0. The van der Waals surface area contributed by atoms with Gasteiger partial charge in [-0.25, -0.2) is 4.98 Å². The van der Waals surface area contributed by atoms with E-state index in [9.17, 15) is 4.79 Å². The molecule has 0 aliphatic heterocycles. The maximum atomic E-state index is 12.6. The fourth-order valence-corrected chi connectivity index (χ4v) is 5.35. The number of fused-ring (bicyclic) bond motifs is 2. The molecule has 2 saturated carbocycles. The maximum absolute atomic E-state index is 12.6. The molecule has 2 aromatic rings. The molecular weight excluding hydrogens is 401 g/mol. The number of carbonyl (C=O) groups excluding carboxylic acids is 1. The minimum absolute atomic E-state index is 0. The van der Waals surface area contributed by atoms with Crippen molar-refractivity contribution in [3.63, 3.8) is 0 Å². The second-order valence-corrected chi connectivity index (χ2v) is 8.32. The van der Waals surface area contributed by atoms with Crippen molar-refractivity contribution in [1.29, 1.82) is 0 Å². The first-order valence-electron chi connectivity index (χ1n) is 9.24. The molecule has 2 aliphatic rings. The van der Waals surface area contributed by atoms with Gasteiger partial charge in [0.2, 0.25) is 5.91 Å². The SMILES string of the molecule is Cl.Cl.NC1CC2CCCC(C1)C2NC(=O)Cc1csc(-c2ccccc2)n1. The molecule has 2 bridgehead atoms. The lowest BCUT2D eigenvalue weighted by Crippen LogP contribution is -2.54. The Kier molecular flexibility index (Phi) is 8.10. The molecule has 2 atom stereocenters. The van der Waals surface area contributed by atoms with Crippen LogP contribution in [-0.4, -0.2) is 23.0 Å². The second-order valence-electron chi connectivity index (χ2n) is 7.46. The molecule has 0 radical (unpaired) electrons. The van der Waals surface area contributed by atoms with E-state index in [4.69, 9.17) is 5.73 Å². The first kappa shape index (κ1) is 22.2. The smallest absolute Gasteiger partial charge is 0.226 e. The highest BCUT2D eigenvalue weighted by molar-refractivity contribution is 7.13. The lowest BCUT2D eigenvalue weighted by atomic mass is 9.67. The molecule has 4 rings (SSSR count). The topological polar surface area (TPSA) is 68.0 Å². The fraction of sp³-hybridized carbons (Fsp3) is 0.500. The van der Waals surface area contributed by atoms with Crippen molar-refractivity contribution >= 4 is 42.1 Å². The predicted octanol–water partition coefficient (Wildman–Crippen LogP) is 4.22. The summed E-state index contributed by atoms with van der Waals surface area (Å²) in [4.78, 5) is 17.2. The van der Waals surface area contributed by atoms with Crippen molar-refractivity contribution in [1.82, 2.24) is 10.3 Å². The molecule has 1 amide bonds. The van der Waals surface area contributed by atoms with Crippen molar-refractivity contribution in [3.05, 3.63) is 41.4 Å². The number of halogens is 2. The van der Waals surface area contributed by atoms with E-state index < -0.39 is 0 Å². The monoisotopic (exact) mass is 427 g/mol. The number of nitrogens with one attached hydrogen (secondary N) is 1. The van der Waals surface area contributed by atoms with E-state index >= 15 is 0 Å². The number of rotatable bonds is 4. The van der Waals surface area contributed by atoms with Crippen LogP contribution < -0.4 is 11.1 Å². The fourth-order valence-electron chi connectivity index (χ4n) is 4.53. The summed E-state index contributed by atoms with van der Waals surface area (Å²) in [6, 6.07) is 10.7. The molecule has 1 aromatic heterocycles. The maximum Gasteiger partial charge on any atom is 0.226 e. The Hall–Kier alpha value is -1.14. The summed E-state index contributed by atoms with van der Waals surface area (Å²) >= 11 is 1.60. The average Bonchev–Trinajstić information content (AvgIpc) is 3.05. The second kappa shape index (κ2) is 9.87. The van der Waals surface area contributed by atoms with E-state index in [1.54, 1.807) is 11.3 Å². The first-order chi connectivity index (χ1) is 12.2. The molecule has 7 heteroatoms. The lowest BCUT2D eigenvalue weighted by molar-refractivity contribution is -0.122. The summed E-state index contributed by atoms with van der Waals surface area (Å²) < 4.78 is 0. The van der Waals surface area contributed by atoms with Crippen LogP contribution in [0.4, 0.5) is 0 Å². The Morgan fingerprint density at radius 3 is 2.48 bits per heavy atom. The van der Waals surface area contributed by atoms with Crippen LogP contribution in [0.1, 0.15) is 37.8 Å². The lowest BCUT2D eigenvalue weighted by Gasteiger charge is -2.45. The van der Waals surface area contributed by atoms with Crippen LogP contribution in [0.2, 0.25) is 0 Å². The molecule has 1 heterocycles. The van der Waals surface area contributed by atoms with Crippen LogP contribution >= 0.6 is 36.2 Å². The summed E-state index contributed by atoms with van der Waals surface area (Å²) in [6.45, 7) is 0. The average molecular weight is 428 g/mol. The molecular formula is C20H27Cl2N3OS. The number of thiazole rings is 1. The summed E-state index contributed by atoms with van der Waals surface area (Å²) in [5, 5.41) is 6.28. The minimum Gasteiger partial charge on any atom is -0.352 e. The van der Waals surface area contributed by atoms with Gasteiger partial charge in [-0.3, -0.25) is 4.79 Å². The molecule has 2 unspecified atom stereocenters. The molecule has 2 fully saturated rings. The number of hydrogen-bond donors (Lipinski definition) is 2. The van der Waals surface area contributed by atoms with Gasteiger partial charge in [-0.15, -0.1) is 36.2 Å². The van der Waals surface area contributed by atoms with Crippen LogP contribution in [0, 0.1) is 11.8 Å². The summed E-state index contributed by atoms with van der Waals surface area (Å²) in [5.74, 6) is 1.21. The van der Waals surface area contributed by atoms with Gasteiger partial charge in [0.25, 0.3) is 0 Å². The summed E-state index contributed by atoms with van der Waals surface area (Å²) in [6.07, 6.45) is 6.15. The largest absolute Gasteiger partial charge is 0.352 e. The van der Waals surface area contributed by atoms with E-state index in [-0.39, 0.29) is 30.7 Å². The van der Waals surface area contributed by atoms with Gasteiger partial charge in [0, 0.05) is 23.0 Å². The third-order valence-corrected chi connectivity index (χ3v) is 6.56. The van der Waals surface area contributed by atoms with Crippen LogP contribution in [-0.2, 0) is 11.2 Å². The van der Waals surface area contributed by atoms with Gasteiger partial charge in [-0.2, -0.15) is 0 Å². The Labute approximate surface area is 177 Å². The molecule has 27 heavy (non-hydrogen) atoms. The van der Waals surface area contributed by atoms with Crippen LogP contribution in [0.3, 0.4) is 0 Å². The number of carbonyl (C=O) groups is 1. The highest BCUT2D eigenvalue weighted by atomic mass is 35.5. The zero-order valence-electron chi connectivity index (χ0n) is 15.2.